The van der Waals surface area contributed by atoms with E-state index in [1.54, 1.807) is 0 Å². The lowest BCUT2D eigenvalue weighted by Crippen LogP contribution is -2.37. The molecule has 0 bridgehead atoms. The maximum Gasteiger partial charge on any atom is 0.229 e. The van der Waals surface area contributed by atoms with Crippen molar-refractivity contribution in [2.75, 3.05) is 6.61 Å². The molecule has 1 aliphatic rings. The number of carbonyl (C=O) groups excluding carboxylic acids is 1. The van der Waals surface area contributed by atoms with E-state index in [1.807, 2.05) is 54.2 Å². The number of hydrogen-bond donors (Lipinski definition) is 0. The van der Waals surface area contributed by atoms with Crippen molar-refractivity contribution in [3.05, 3.63) is 77.9 Å². The third-order valence-electron chi connectivity index (χ3n) is 5.58. The van der Waals surface area contributed by atoms with E-state index in [9.17, 15) is 4.79 Å². The number of ketones is 1. The summed E-state index contributed by atoms with van der Waals surface area (Å²) in [7, 11) is 0. The maximum atomic E-state index is 13.0. The fourth-order valence-corrected chi connectivity index (χ4v) is 4.03. The van der Waals surface area contributed by atoms with Gasteiger partial charge in [0.25, 0.3) is 0 Å². The molecule has 0 amide bonds. The Bertz CT molecular complexity index is 970. The van der Waals surface area contributed by atoms with Gasteiger partial charge in [0.2, 0.25) is 12.3 Å². The minimum atomic E-state index is 0.141. The van der Waals surface area contributed by atoms with E-state index in [4.69, 9.17) is 4.74 Å². The second kappa shape index (κ2) is 8.11. The molecular weight excluding hydrogens is 348 g/mol. The first-order chi connectivity index (χ1) is 13.6. The van der Waals surface area contributed by atoms with Gasteiger partial charge in [-0.05, 0) is 44.4 Å². The molecule has 1 aromatic carbocycles. The molecule has 1 aliphatic heterocycles. The number of nitrogens with zero attached hydrogens (tertiary/aromatic N) is 2. The zero-order valence-corrected chi connectivity index (χ0v) is 16.6. The Balaban J connectivity index is 1.53. The molecule has 1 atom stereocenters. The van der Waals surface area contributed by atoms with Gasteiger partial charge in [-0.2, -0.15) is 4.57 Å². The summed E-state index contributed by atoms with van der Waals surface area (Å²) in [6.07, 6.45) is 6.49. The number of carbonyl (C=O) groups is 1. The summed E-state index contributed by atoms with van der Waals surface area (Å²) in [6.45, 7) is 6.14. The van der Waals surface area contributed by atoms with Gasteiger partial charge in [0, 0.05) is 41.7 Å². The van der Waals surface area contributed by atoms with Crippen molar-refractivity contribution in [1.82, 2.24) is 4.57 Å². The molecule has 2 aromatic heterocycles. The Kier molecular flexibility index (Phi) is 5.40. The third kappa shape index (κ3) is 3.92. The van der Waals surface area contributed by atoms with Crippen LogP contribution in [0.3, 0.4) is 0 Å². The molecule has 3 aromatic rings. The minimum absolute atomic E-state index is 0.141. The Labute approximate surface area is 166 Å². The Morgan fingerprint density at radius 3 is 2.68 bits per heavy atom. The molecule has 0 saturated carbocycles. The number of aryl methyl sites for hydroxylation is 1. The van der Waals surface area contributed by atoms with Gasteiger partial charge < -0.3 is 9.30 Å². The molecular formula is C24H27N2O2+. The molecule has 1 saturated heterocycles. The molecule has 0 radical (unpaired) electrons. The summed E-state index contributed by atoms with van der Waals surface area (Å²) in [5, 5.41) is 0. The van der Waals surface area contributed by atoms with Crippen molar-refractivity contribution in [3.63, 3.8) is 0 Å². The molecule has 0 unspecified atom stereocenters. The van der Waals surface area contributed by atoms with E-state index in [0.717, 1.165) is 54.1 Å². The number of benzene rings is 1. The molecule has 4 rings (SSSR count). The zero-order chi connectivity index (χ0) is 19.5. The molecule has 28 heavy (non-hydrogen) atoms. The van der Waals surface area contributed by atoms with Crippen LogP contribution in [0.25, 0.3) is 11.1 Å². The fraction of sp³-hybridized carbons (Fsp3) is 0.333. The first-order valence-electron chi connectivity index (χ1n) is 9.98. The van der Waals surface area contributed by atoms with Crippen LogP contribution < -0.4 is 4.57 Å². The van der Waals surface area contributed by atoms with Gasteiger partial charge in [0.1, 0.15) is 0 Å². The van der Waals surface area contributed by atoms with E-state index in [0.29, 0.717) is 6.54 Å². The topological polar surface area (TPSA) is 35.1 Å². The second-order valence-electron chi connectivity index (χ2n) is 7.58. The molecule has 144 valence electrons. The summed E-state index contributed by atoms with van der Waals surface area (Å²) in [4.78, 5) is 13.0. The summed E-state index contributed by atoms with van der Waals surface area (Å²) in [6, 6.07) is 16.3. The summed E-state index contributed by atoms with van der Waals surface area (Å²) in [5.41, 5.74) is 5.24. The zero-order valence-electron chi connectivity index (χ0n) is 16.6. The average Bonchev–Trinajstić information content (AvgIpc) is 3.33. The summed E-state index contributed by atoms with van der Waals surface area (Å²) >= 11 is 0. The standard InChI is InChI=1S/C24H27N2O2/c1-18-14-23(19(2)26(18)16-22-11-7-13-28-22)24(27)17-25-12-6-10-21(15-25)20-8-4-3-5-9-20/h3-6,8-10,12,14-15,22H,7,11,13,16-17H2,1-2H3/q+1/t22-/m0/s1. The largest absolute Gasteiger partial charge is 0.376 e. The van der Waals surface area contributed by atoms with Crippen LogP contribution in [-0.2, 0) is 17.8 Å². The predicted octanol–water partition coefficient (Wildman–Crippen LogP) is 4.12. The van der Waals surface area contributed by atoms with Crippen LogP contribution in [-0.4, -0.2) is 23.1 Å². The molecule has 0 aliphatic carbocycles. The van der Waals surface area contributed by atoms with Gasteiger partial charge in [0.15, 0.2) is 12.4 Å². The number of hydrogen-bond acceptors (Lipinski definition) is 2. The van der Waals surface area contributed by atoms with Gasteiger partial charge in [-0.3, -0.25) is 4.79 Å². The van der Waals surface area contributed by atoms with Crippen molar-refractivity contribution in [2.45, 2.75) is 45.9 Å². The van der Waals surface area contributed by atoms with Gasteiger partial charge in [-0.15, -0.1) is 0 Å². The van der Waals surface area contributed by atoms with Gasteiger partial charge in [-0.25, -0.2) is 0 Å². The molecule has 0 N–H and O–H groups in total. The Morgan fingerprint density at radius 1 is 1.14 bits per heavy atom. The number of Topliss-reactive ketones (excluding diaryl/α,β-unsaturated/α-hetero) is 1. The monoisotopic (exact) mass is 375 g/mol. The van der Waals surface area contributed by atoms with Crippen molar-refractivity contribution in [3.8, 4) is 11.1 Å². The van der Waals surface area contributed by atoms with E-state index >= 15 is 0 Å². The molecule has 4 heteroatoms. The number of ether oxygens (including phenoxy) is 1. The van der Waals surface area contributed by atoms with Crippen molar-refractivity contribution < 1.29 is 14.1 Å². The van der Waals surface area contributed by atoms with Crippen molar-refractivity contribution in [1.29, 1.82) is 0 Å². The number of rotatable bonds is 6. The third-order valence-corrected chi connectivity index (χ3v) is 5.58. The number of pyridine rings is 1. The minimum Gasteiger partial charge on any atom is -0.376 e. The van der Waals surface area contributed by atoms with Crippen molar-refractivity contribution in [2.24, 2.45) is 0 Å². The highest BCUT2D eigenvalue weighted by Crippen LogP contribution is 2.21. The van der Waals surface area contributed by atoms with Gasteiger partial charge >= 0.3 is 0 Å². The molecule has 4 nitrogen and oxygen atoms in total. The van der Waals surface area contributed by atoms with Crippen LogP contribution in [0.5, 0.6) is 0 Å². The second-order valence-corrected chi connectivity index (χ2v) is 7.58. The highest BCUT2D eigenvalue weighted by Gasteiger charge is 2.22. The Morgan fingerprint density at radius 2 is 1.93 bits per heavy atom. The van der Waals surface area contributed by atoms with E-state index in [-0.39, 0.29) is 11.9 Å². The SMILES string of the molecule is Cc1cc(C(=O)C[n+]2cccc(-c3ccccc3)c2)c(C)n1C[C@@H]1CCCO1. The lowest BCUT2D eigenvalue weighted by molar-refractivity contribution is -0.682. The predicted molar refractivity (Wildman–Crippen MR) is 109 cm³/mol. The lowest BCUT2D eigenvalue weighted by Gasteiger charge is -2.14. The van der Waals surface area contributed by atoms with Crippen LogP contribution in [0, 0.1) is 13.8 Å². The first-order valence-corrected chi connectivity index (χ1v) is 9.98. The van der Waals surface area contributed by atoms with Crippen LogP contribution in [0.4, 0.5) is 0 Å². The fourth-order valence-electron chi connectivity index (χ4n) is 4.03. The van der Waals surface area contributed by atoms with E-state index < -0.39 is 0 Å². The normalized spacial score (nSPS) is 16.4. The van der Waals surface area contributed by atoms with Gasteiger partial charge in [-0.1, -0.05) is 30.3 Å². The van der Waals surface area contributed by atoms with Crippen LogP contribution in [0.2, 0.25) is 0 Å². The van der Waals surface area contributed by atoms with Crippen LogP contribution >= 0.6 is 0 Å². The van der Waals surface area contributed by atoms with Crippen molar-refractivity contribution >= 4 is 5.78 Å². The maximum absolute atomic E-state index is 13.0. The van der Waals surface area contributed by atoms with E-state index in [1.165, 1.54) is 0 Å². The lowest BCUT2D eigenvalue weighted by atomic mass is 10.1. The first kappa shape index (κ1) is 18.6. The smallest absolute Gasteiger partial charge is 0.229 e. The van der Waals surface area contributed by atoms with Crippen LogP contribution in [0.15, 0.2) is 60.9 Å². The summed E-state index contributed by atoms with van der Waals surface area (Å²) < 4.78 is 9.98. The Hall–Kier alpha value is -2.72. The molecule has 3 heterocycles. The highest BCUT2D eigenvalue weighted by atomic mass is 16.5. The highest BCUT2D eigenvalue weighted by molar-refractivity contribution is 5.96. The van der Waals surface area contributed by atoms with E-state index in [2.05, 4.69) is 29.7 Å². The average molecular weight is 375 g/mol. The summed E-state index contributed by atoms with van der Waals surface area (Å²) in [5.74, 6) is 0.141. The number of aromatic nitrogens is 2. The quantitative estimate of drug-likeness (QED) is 0.480. The van der Waals surface area contributed by atoms with Crippen LogP contribution in [0.1, 0.15) is 34.6 Å². The molecule has 0 spiro atoms. The molecule has 1 fully saturated rings. The van der Waals surface area contributed by atoms with Gasteiger partial charge in [0.05, 0.1) is 6.10 Å².